The molecule has 0 aliphatic carbocycles. The maximum atomic E-state index is 13.6. The van der Waals surface area contributed by atoms with Gasteiger partial charge in [0.25, 0.3) is 5.56 Å². The van der Waals surface area contributed by atoms with Crippen LogP contribution < -0.4 is 5.56 Å². The van der Waals surface area contributed by atoms with Gasteiger partial charge in [-0.25, -0.2) is 14.2 Å². The Bertz CT molecular complexity index is 1140. The lowest BCUT2D eigenvalue weighted by molar-refractivity contribution is 0.0473. The highest BCUT2D eigenvalue weighted by Crippen LogP contribution is 2.17. The molecule has 136 valence electrons. The third kappa shape index (κ3) is 3.12. The van der Waals surface area contributed by atoms with Crippen molar-refractivity contribution in [2.75, 3.05) is 6.61 Å². The van der Waals surface area contributed by atoms with Crippen LogP contribution in [0.2, 0.25) is 0 Å². The predicted molar refractivity (Wildman–Crippen MR) is 95.3 cm³/mol. The number of nitrogens with zero attached hydrogens (tertiary/aromatic N) is 2. The third-order valence-corrected chi connectivity index (χ3v) is 4.56. The standard InChI is InChI=1S/C20H15FN2O4/c21-15-5-2-1-4-13(15)17(24)11-27-20(26)12-7-8-14-16(10-12)22-18-6-3-9-23(18)19(14)25/h1-2,4-5,7-8,10H,3,6,9,11H2. The van der Waals surface area contributed by atoms with E-state index in [0.29, 0.717) is 23.3 Å². The number of ketones is 1. The lowest BCUT2D eigenvalue weighted by Crippen LogP contribution is -2.21. The van der Waals surface area contributed by atoms with E-state index < -0.39 is 24.2 Å². The first kappa shape index (κ1) is 17.1. The maximum absolute atomic E-state index is 13.6. The minimum atomic E-state index is -0.732. The van der Waals surface area contributed by atoms with E-state index in [1.54, 1.807) is 4.57 Å². The van der Waals surface area contributed by atoms with Gasteiger partial charge < -0.3 is 4.74 Å². The summed E-state index contributed by atoms with van der Waals surface area (Å²) in [5.41, 5.74) is 0.345. The molecule has 0 spiro atoms. The fourth-order valence-electron chi connectivity index (χ4n) is 3.19. The summed E-state index contributed by atoms with van der Waals surface area (Å²) in [4.78, 5) is 41.1. The maximum Gasteiger partial charge on any atom is 0.338 e. The first-order chi connectivity index (χ1) is 13.0. The van der Waals surface area contributed by atoms with Crippen LogP contribution in [0.1, 0.15) is 33.0 Å². The Morgan fingerprint density at radius 3 is 2.81 bits per heavy atom. The van der Waals surface area contributed by atoms with E-state index in [1.165, 1.54) is 42.5 Å². The van der Waals surface area contributed by atoms with Crippen molar-refractivity contribution in [1.82, 2.24) is 9.55 Å². The SMILES string of the molecule is O=C(OCC(=O)c1ccccc1F)c1ccc2c(=O)n3c(nc2c1)CCC3. The van der Waals surface area contributed by atoms with Gasteiger partial charge in [-0.2, -0.15) is 0 Å². The van der Waals surface area contributed by atoms with Crippen LogP contribution in [0.15, 0.2) is 47.3 Å². The molecule has 0 radical (unpaired) electrons. The topological polar surface area (TPSA) is 78.3 Å². The van der Waals surface area contributed by atoms with E-state index in [9.17, 15) is 18.8 Å². The number of hydrogen-bond donors (Lipinski definition) is 0. The monoisotopic (exact) mass is 366 g/mol. The molecular weight excluding hydrogens is 351 g/mol. The van der Waals surface area contributed by atoms with E-state index in [1.807, 2.05) is 0 Å². The van der Waals surface area contributed by atoms with Gasteiger partial charge in [0.15, 0.2) is 6.61 Å². The second kappa shape index (κ2) is 6.75. The van der Waals surface area contributed by atoms with Gasteiger partial charge >= 0.3 is 5.97 Å². The Labute approximate surface area is 153 Å². The highest BCUT2D eigenvalue weighted by Gasteiger charge is 2.18. The fraction of sp³-hybridized carbons (Fsp3) is 0.200. The summed E-state index contributed by atoms with van der Waals surface area (Å²) in [6.45, 7) is 0.0805. The average Bonchev–Trinajstić information content (AvgIpc) is 3.14. The van der Waals surface area contributed by atoms with E-state index in [0.717, 1.165) is 12.8 Å². The van der Waals surface area contributed by atoms with Gasteiger partial charge in [0.2, 0.25) is 5.78 Å². The molecule has 27 heavy (non-hydrogen) atoms. The summed E-state index contributed by atoms with van der Waals surface area (Å²) in [5, 5.41) is 0.430. The van der Waals surface area contributed by atoms with E-state index >= 15 is 0 Å². The van der Waals surface area contributed by atoms with Gasteiger partial charge in [0, 0.05) is 13.0 Å². The number of halogens is 1. The molecule has 1 aliphatic heterocycles. The Hall–Kier alpha value is -3.35. The average molecular weight is 366 g/mol. The van der Waals surface area contributed by atoms with Crippen LogP contribution in [0.25, 0.3) is 10.9 Å². The fourth-order valence-corrected chi connectivity index (χ4v) is 3.19. The molecule has 1 aliphatic rings. The Morgan fingerprint density at radius 1 is 1.19 bits per heavy atom. The van der Waals surface area contributed by atoms with Crippen LogP contribution in [0.3, 0.4) is 0 Å². The van der Waals surface area contributed by atoms with Crippen molar-refractivity contribution in [2.45, 2.75) is 19.4 Å². The molecule has 0 unspecified atom stereocenters. The van der Waals surface area contributed by atoms with Crippen molar-refractivity contribution in [3.63, 3.8) is 0 Å². The largest absolute Gasteiger partial charge is 0.454 e. The second-order valence-corrected chi connectivity index (χ2v) is 6.30. The van der Waals surface area contributed by atoms with Crippen molar-refractivity contribution >= 4 is 22.7 Å². The number of carbonyl (C=O) groups excluding carboxylic acids is 2. The van der Waals surface area contributed by atoms with E-state index in [2.05, 4.69) is 4.98 Å². The van der Waals surface area contributed by atoms with Crippen LogP contribution in [0.4, 0.5) is 4.39 Å². The summed E-state index contributed by atoms with van der Waals surface area (Å²) >= 11 is 0. The van der Waals surface area contributed by atoms with Crippen LogP contribution in [0, 0.1) is 5.82 Å². The van der Waals surface area contributed by atoms with E-state index in [4.69, 9.17) is 4.74 Å². The van der Waals surface area contributed by atoms with Crippen LogP contribution in [-0.2, 0) is 17.7 Å². The molecule has 0 fully saturated rings. The molecule has 0 atom stereocenters. The number of carbonyl (C=O) groups is 2. The van der Waals surface area contributed by atoms with Gasteiger partial charge in [-0.15, -0.1) is 0 Å². The quantitative estimate of drug-likeness (QED) is 0.524. The van der Waals surface area contributed by atoms with Crippen LogP contribution in [0.5, 0.6) is 0 Å². The minimum Gasteiger partial charge on any atom is -0.454 e. The number of benzene rings is 2. The predicted octanol–water partition coefficient (Wildman–Crippen LogP) is 2.52. The molecule has 0 amide bonds. The summed E-state index contributed by atoms with van der Waals surface area (Å²) in [6.07, 6.45) is 1.59. The summed E-state index contributed by atoms with van der Waals surface area (Å²) in [6, 6.07) is 9.98. The molecule has 0 bridgehead atoms. The number of hydrogen-bond acceptors (Lipinski definition) is 5. The zero-order chi connectivity index (χ0) is 19.0. The number of aromatic nitrogens is 2. The normalized spacial score (nSPS) is 12.8. The first-order valence-corrected chi connectivity index (χ1v) is 8.53. The third-order valence-electron chi connectivity index (χ3n) is 4.56. The highest BCUT2D eigenvalue weighted by molar-refractivity contribution is 6.00. The van der Waals surface area contributed by atoms with Crippen LogP contribution in [-0.4, -0.2) is 27.9 Å². The Kier molecular flexibility index (Phi) is 4.27. The zero-order valence-electron chi connectivity index (χ0n) is 14.3. The molecule has 6 nitrogen and oxygen atoms in total. The molecule has 2 heterocycles. The van der Waals surface area contributed by atoms with Crippen molar-refractivity contribution < 1.29 is 18.7 Å². The van der Waals surface area contributed by atoms with Crippen LogP contribution >= 0.6 is 0 Å². The lowest BCUT2D eigenvalue weighted by Gasteiger charge is -2.07. The summed E-state index contributed by atoms with van der Waals surface area (Å²) in [7, 11) is 0. The second-order valence-electron chi connectivity index (χ2n) is 6.30. The smallest absolute Gasteiger partial charge is 0.338 e. The molecule has 0 saturated carbocycles. The summed E-state index contributed by atoms with van der Waals surface area (Å²) in [5.74, 6) is -1.32. The highest BCUT2D eigenvalue weighted by atomic mass is 19.1. The Balaban J connectivity index is 1.55. The molecule has 2 aromatic carbocycles. The minimum absolute atomic E-state index is 0.123. The van der Waals surface area contributed by atoms with Crippen molar-refractivity contribution in [3.8, 4) is 0 Å². The first-order valence-electron chi connectivity index (χ1n) is 8.53. The number of esters is 1. The molecule has 4 rings (SSSR count). The number of rotatable bonds is 4. The number of fused-ring (bicyclic) bond motifs is 2. The van der Waals surface area contributed by atoms with E-state index in [-0.39, 0.29) is 16.7 Å². The molecule has 1 aromatic heterocycles. The van der Waals surface area contributed by atoms with Gasteiger partial charge in [0.05, 0.1) is 22.0 Å². The van der Waals surface area contributed by atoms with Gasteiger partial charge in [0.1, 0.15) is 11.6 Å². The number of ether oxygens (including phenoxy) is 1. The Morgan fingerprint density at radius 2 is 2.00 bits per heavy atom. The zero-order valence-corrected chi connectivity index (χ0v) is 14.3. The van der Waals surface area contributed by atoms with Crippen molar-refractivity contribution in [3.05, 3.63) is 75.6 Å². The number of aryl methyl sites for hydroxylation is 1. The van der Waals surface area contributed by atoms with Gasteiger partial charge in [-0.3, -0.25) is 14.2 Å². The number of Topliss-reactive ketones (excluding diaryl/α,β-unsaturated/α-hetero) is 1. The lowest BCUT2D eigenvalue weighted by atomic mass is 10.1. The molecular formula is C20H15FN2O4. The molecule has 0 saturated heterocycles. The van der Waals surface area contributed by atoms with Gasteiger partial charge in [-0.1, -0.05) is 12.1 Å². The molecule has 0 N–H and O–H groups in total. The van der Waals surface area contributed by atoms with Crippen molar-refractivity contribution in [1.29, 1.82) is 0 Å². The molecule has 7 heteroatoms. The van der Waals surface area contributed by atoms with Gasteiger partial charge in [-0.05, 0) is 36.8 Å². The summed E-state index contributed by atoms with van der Waals surface area (Å²) < 4.78 is 20.3. The molecule has 3 aromatic rings. The van der Waals surface area contributed by atoms with Crippen molar-refractivity contribution in [2.24, 2.45) is 0 Å².